The first-order valence-corrected chi connectivity index (χ1v) is 5.03. The Balaban J connectivity index is 2.34. The van der Waals surface area contributed by atoms with Crippen molar-refractivity contribution in [2.45, 2.75) is 13.3 Å². The van der Waals surface area contributed by atoms with Gasteiger partial charge in [-0.25, -0.2) is 0 Å². The van der Waals surface area contributed by atoms with Crippen molar-refractivity contribution in [3.63, 3.8) is 0 Å². The molecular formula is C9H17N3O2. The molecule has 5 heteroatoms. The summed E-state index contributed by atoms with van der Waals surface area (Å²) in [5, 5.41) is 5.70. The largest absolute Gasteiger partial charge is 0.348 e. The molecule has 0 aliphatic carbocycles. The summed E-state index contributed by atoms with van der Waals surface area (Å²) in [5.74, 6) is -0.881. The molecule has 0 aromatic carbocycles. The third kappa shape index (κ3) is 2.99. The number of nitrogens with one attached hydrogen (secondary N) is 2. The number of amides is 2. The maximum atomic E-state index is 11.5. The van der Waals surface area contributed by atoms with E-state index in [1.54, 1.807) is 4.90 Å². The Labute approximate surface area is 83.8 Å². The van der Waals surface area contributed by atoms with Gasteiger partial charge in [0.05, 0.1) is 0 Å². The van der Waals surface area contributed by atoms with E-state index in [0.717, 1.165) is 19.5 Å². The zero-order valence-electron chi connectivity index (χ0n) is 8.51. The van der Waals surface area contributed by atoms with Crippen molar-refractivity contribution < 1.29 is 9.59 Å². The van der Waals surface area contributed by atoms with Gasteiger partial charge in [-0.3, -0.25) is 9.59 Å². The average Bonchev–Trinajstić information content (AvgIpc) is 2.26. The Bertz CT molecular complexity index is 212. The molecule has 1 aliphatic heterocycles. The van der Waals surface area contributed by atoms with Gasteiger partial charge in [0.15, 0.2) is 0 Å². The van der Waals surface area contributed by atoms with Crippen molar-refractivity contribution in [2.24, 2.45) is 0 Å². The molecule has 80 valence electrons. The fourth-order valence-electron chi connectivity index (χ4n) is 1.33. The average molecular weight is 199 g/mol. The Hall–Kier alpha value is -1.10. The van der Waals surface area contributed by atoms with E-state index < -0.39 is 11.8 Å². The molecule has 0 unspecified atom stereocenters. The van der Waals surface area contributed by atoms with Crippen LogP contribution in [0.15, 0.2) is 0 Å². The van der Waals surface area contributed by atoms with Crippen LogP contribution >= 0.6 is 0 Å². The summed E-state index contributed by atoms with van der Waals surface area (Å²) in [6.07, 6.45) is 0.848. The maximum Gasteiger partial charge on any atom is 0.311 e. The lowest BCUT2D eigenvalue weighted by Crippen LogP contribution is -2.51. The molecule has 0 bridgehead atoms. The SMILES string of the molecule is CCCNC(=O)C(=O)N1CCNCC1. The Morgan fingerprint density at radius 2 is 2.00 bits per heavy atom. The van der Waals surface area contributed by atoms with Gasteiger partial charge in [0.25, 0.3) is 0 Å². The number of carbonyl (C=O) groups is 2. The third-order valence-electron chi connectivity index (χ3n) is 2.13. The van der Waals surface area contributed by atoms with Crippen LogP contribution in [0.2, 0.25) is 0 Å². The van der Waals surface area contributed by atoms with Crippen LogP contribution in [0.25, 0.3) is 0 Å². The second-order valence-electron chi connectivity index (χ2n) is 3.30. The van der Waals surface area contributed by atoms with Crippen LogP contribution < -0.4 is 10.6 Å². The van der Waals surface area contributed by atoms with E-state index in [-0.39, 0.29) is 0 Å². The highest BCUT2D eigenvalue weighted by Gasteiger charge is 2.22. The molecule has 1 aliphatic rings. The summed E-state index contributed by atoms with van der Waals surface area (Å²) in [4.78, 5) is 24.4. The fraction of sp³-hybridized carbons (Fsp3) is 0.778. The van der Waals surface area contributed by atoms with Gasteiger partial charge in [-0.2, -0.15) is 0 Å². The Morgan fingerprint density at radius 1 is 1.36 bits per heavy atom. The minimum absolute atomic E-state index is 0.403. The lowest BCUT2D eigenvalue weighted by atomic mass is 10.3. The van der Waals surface area contributed by atoms with Gasteiger partial charge >= 0.3 is 11.8 Å². The van der Waals surface area contributed by atoms with Crippen LogP contribution in [0.4, 0.5) is 0 Å². The first-order valence-electron chi connectivity index (χ1n) is 5.03. The molecule has 0 atom stereocenters. The van der Waals surface area contributed by atoms with E-state index in [0.29, 0.717) is 19.6 Å². The quantitative estimate of drug-likeness (QED) is 0.558. The summed E-state index contributed by atoms with van der Waals surface area (Å²) in [7, 11) is 0. The van der Waals surface area contributed by atoms with E-state index in [2.05, 4.69) is 10.6 Å². The smallest absolute Gasteiger partial charge is 0.311 e. The van der Waals surface area contributed by atoms with E-state index in [4.69, 9.17) is 0 Å². The van der Waals surface area contributed by atoms with Crippen molar-refractivity contribution in [1.29, 1.82) is 0 Å². The third-order valence-corrected chi connectivity index (χ3v) is 2.13. The van der Waals surface area contributed by atoms with Crippen LogP contribution in [-0.2, 0) is 9.59 Å². The highest BCUT2D eigenvalue weighted by molar-refractivity contribution is 6.35. The topological polar surface area (TPSA) is 61.4 Å². The molecular weight excluding hydrogens is 182 g/mol. The van der Waals surface area contributed by atoms with Gasteiger partial charge in [0, 0.05) is 32.7 Å². The number of rotatable bonds is 2. The summed E-state index contributed by atoms with van der Waals surface area (Å²) >= 11 is 0. The number of piperazine rings is 1. The predicted molar refractivity (Wildman–Crippen MR) is 52.8 cm³/mol. The van der Waals surface area contributed by atoms with Crippen LogP contribution in [-0.4, -0.2) is 49.4 Å². The van der Waals surface area contributed by atoms with Crippen LogP contribution in [0.1, 0.15) is 13.3 Å². The van der Waals surface area contributed by atoms with Crippen molar-refractivity contribution in [1.82, 2.24) is 15.5 Å². The minimum atomic E-state index is -0.478. The summed E-state index contributed by atoms with van der Waals surface area (Å²) in [5.41, 5.74) is 0. The molecule has 14 heavy (non-hydrogen) atoms. The highest BCUT2D eigenvalue weighted by atomic mass is 16.2. The molecule has 0 saturated carbocycles. The van der Waals surface area contributed by atoms with E-state index in [1.165, 1.54) is 0 Å². The zero-order chi connectivity index (χ0) is 10.4. The number of hydrogen-bond acceptors (Lipinski definition) is 3. The highest BCUT2D eigenvalue weighted by Crippen LogP contribution is 1.93. The molecule has 1 heterocycles. The molecule has 1 fully saturated rings. The van der Waals surface area contributed by atoms with Gasteiger partial charge in [0.2, 0.25) is 0 Å². The van der Waals surface area contributed by atoms with Gasteiger partial charge < -0.3 is 15.5 Å². The molecule has 0 radical (unpaired) electrons. The number of nitrogens with zero attached hydrogens (tertiary/aromatic N) is 1. The van der Waals surface area contributed by atoms with Gasteiger partial charge in [-0.05, 0) is 6.42 Å². The fourth-order valence-corrected chi connectivity index (χ4v) is 1.33. The molecule has 2 N–H and O–H groups in total. The van der Waals surface area contributed by atoms with Crippen LogP contribution in [0.3, 0.4) is 0 Å². The maximum absolute atomic E-state index is 11.5. The second kappa shape index (κ2) is 5.59. The Kier molecular flexibility index (Phi) is 4.39. The monoisotopic (exact) mass is 199 g/mol. The van der Waals surface area contributed by atoms with Gasteiger partial charge in [-0.1, -0.05) is 6.92 Å². The van der Waals surface area contributed by atoms with Crippen molar-refractivity contribution in [2.75, 3.05) is 32.7 Å². The molecule has 5 nitrogen and oxygen atoms in total. The van der Waals surface area contributed by atoms with Crippen LogP contribution in [0, 0.1) is 0 Å². The number of carbonyl (C=O) groups excluding carboxylic acids is 2. The minimum Gasteiger partial charge on any atom is -0.348 e. The molecule has 0 spiro atoms. The summed E-state index contributed by atoms with van der Waals surface area (Å²) < 4.78 is 0. The predicted octanol–water partition coefficient (Wildman–Crippen LogP) is -1.06. The normalized spacial score (nSPS) is 16.5. The molecule has 1 saturated heterocycles. The van der Waals surface area contributed by atoms with Crippen molar-refractivity contribution in [3.05, 3.63) is 0 Å². The summed E-state index contributed by atoms with van der Waals surface area (Å²) in [6.45, 7) is 5.31. The Morgan fingerprint density at radius 3 is 2.57 bits per heavy atom. The lowest BCUT2D eigenvalue weighted by Gasteiger charge is -2.26. The van der Waals surface area contributed by atoms with E-state index >= 15 is 0 Å². The standard InChI is InChI=1S/C9H17N3O2/c1-2-3-11-8(13)9(14)12-6-4-10-5-7-12/h10H,2-7H2,1H3,(H,11,13). The number of hydrogen-bond donors (Lipinski definition) is 2. The molecule has 0 aromatic rings. The molecule has 1 rings (SSSR count). The summed E-state index contributed by atoms with van der Waals surface area (Å²) in [6, 6.07) is 0. The van der Waals surface area contributed by atoms with Crippen molar-refractivity contribution in [3.8, 4) is 0 Å². The van der Waals surface area contributed by atoms with Gasteiger partial charge in [-0.15, -0.1) is 0 Å². The van der Waals surface area contributed by atoms with E-state index in [9.17, 15) is 9.59 Å². The first-order chi connectivity index (χ1) is 6.75. The molecule has 0 aromatic heterocycles. The molecule has 2 amide bonds. The second-order valence-corrected chi connectivity index (χ2v) is 3.30. The zero-order valence-corrected chi connectivity index (χ0v) is 8.51. The van der Waals surface area contributed by atoms with Gasteiger partial charge in [0.1, 0.15) is 0 Å². The van der Waals surface area contributed by atoms with Crippen molar-refractivity contribution >= 4 is 11.8 Å². The van der Waals surface area contributed by atoms with Crippen LogP contribution in [0.5, 0.6) is 0 Å². The first kappa shape index (κ1) is 11.0. The van der Waals surface area contributed by atoms with E-state index in [1.807, 2.05) is 6.92 Å². The lowest BCUT2D eigenvalue weighted by molar-refractivity contribution is -0.146.